The molecule has 134 valence electrons. The number of hydrogen-bond acceptors (Lipinski definition) is 4. The van der Waals surface area contributed by atoms with Crippen molar-refractivity contribution < 1.29 is 4.74 Å². The molecule has 2 aliphatic rings. The van der Waals surface area contributed by atoms with Crippen molar-refractivity contribution in [3.63, 3.8) is 0 Å². The molecule has 1 aliphatic carbocycles. The molecule has 0 unspecified atom stereocenters. The predicted molar refractivity (Wildman–Crippen MR) is 104 cm³/mol. The van der Waals surface area contributed by atoms with Crippen molar-refractivity contribution in [2.45, 2.75) is 39.2 Å². The average molecular weight is 348 g/mol. The van der Waals surface area contributed by atoms with Gasteiger partial charge < -0.3 is 10.1 Å². The minimum Gasteiger partial charge on any atom is -0.472 e. The number of fused-ring (bicyclic) bond motifs is 3. The van der Waals surface area contributed by atoms with Crippen LogP contribution in [0.1, 0.15) is 38.2 Å². The third-order valence-electron chi connectivity index (χ3n) is 4.73. The van der Waals surface area contributed by atoms with Crippen molar-refractivity contribution in [3.05, 3.63) is 54.4 Å². The van der Waals surface area contributed by atoms with E-state index in [1.54, 1.807) is 6.20 Å². The molecule has 26 heavy (non-hydrogen) atoms. The maximum atomic E-state index is 5.83. The maximum absolute atomic E-state index is 5.83. The number of pyridine rings is 1. The average Bonchev–Trinajstić information content (AvgIpc) is 3.14. The molecule has 1 fully saturated rings. The Morgan fingerprint density at radius 1 is 1.08 bits per heavy atom. The second-order valence-electron chi connectivity index (χ2n) is 6.57. The van der Waals surface area contributed by atoms with Gasteiger partial charge in [0.2, 0.25) is 5.88 Å². The fraction of sp³-hybridized carbons (Fsp3) is 0.333. The third kappa shape index (κ3) is 3.43. The van der Waals surface area contributed by atoms with Crippen LogP contribution < -0.4 is 10.1 Å². The van der Waals surface area contributed by atoms with Crippen molar-refractivity contribution in [1.29, 1.82) is 0 Å². The Kier molecular flexibility index (Phi) is 4.86. The largest absolute Gasteiger partial charge is 0.472 e. The van der Waals surface area contributed by atoms with Crippen LogP contribution in [-0.4, -0.2) is 21.3 Å². The summed E-state index contributed by atoms with van der Waals surface area (Å²) in [5.41, 5.74) is 4.40. The number of benzene rings is 1. The van der Waals surface area contributed by atoms with Crippen LogP contribution >= 0.6 is 0 Å². The molecule has 2 aromatic heterocycles. The first-order valence-corrected chi connectivity index (χ1v) is 9.36. The van der Waals surface area contributed by atoms with E-state index < -0.39 is 0 Å². The summed E-state index contributed by atoms with van der Waals surface area (Å²) in [6.45, 7) is 3.42. The van der Waals surface area contributed by atoms with Gasteiger partial charge in [-0.3, -0.25) is 0 Å². The fourth-order valence-electron chi connectivity index (χ4n) is 2.96. The number of nitrogens with zero attached hydrogens (tertiary/aromatic N) is 3. The first kappa shape index (κ1) is 16.6. The lowest BCUT2D eigenvalue weighted by Crippen LogP contribution is -2.09. The molecule has 1 aliphatic heterocycles. The molecule has 1 N–H and O–H groups in total. The van der Waals surface area contributed by atoms with E-state index in [4.69, 9.17) is 4.74 Å². The number of rotatable bonds is 3. The molecular formula is C21H24N4O. The first-order chi connectivity index (χ1) is 12.8. The summed E-state index contributed by atoms with van der Waals surface area (Å²) in [6.07, 6.45) is 9.71. The minimum absolute atomic E-state index is 0.528. The lowest BCUT2D eigenvalue weighted by molar-refractivity contribution is 0.290. The van der Waals surface area contributed by atoms with E-state index in [0.29, 0.717) is 12.5 Å². The Morgan fingerprint density at radius 2 is 1.88 bits per heavy atom. The Bertz CT molecular complexity index is 866. The van der Waals surface area contributed by atoms with Crippen molar-refractivity contribution in [1.82, 2.24) is 14.8 Å². The van der Waals surface area contributed by atoms with Gasteiger partial charge in [0.05, 0.1) is 5.69 Å². The van der Waals surface area contributed by atoms with Gasteiger partial charge in [0.15, 0.2) is 0 Å². The highest BCUT2D eigenvalue weighted by Gasteiger charge is 2.19. The van der Waals surface area contributed by atoms with Gasteiger partial charge in [-0.1, -0.05) is 31.7 Å². The van der Waals surface area contributed by atoms with Crippen LogP contribution in [0.4, 0.5) is 5.82 Å². The van der Waals surface area contributed by atoms with Crippen LogP contribution in [0.2, 0.25) is 0 Å². The van der Waals surface area contributed by atoms with E-state index in [-0.39, 0.29) is 0 Å². The van der Waals surface area contributed by atoms with Crippen LogP contribution in [-0.2, 0) is 6.61 Å². The number of nitrogens with one attached hydrogen (secondary N) is 1. The Hall–Kier alpha value is -2.82. The van der Waals surface area contributed by atoms with E-state index in [1.807, 2.05) is 29.9 Å². The molecule has 1 saturated carbocycles. The molecule has 0 bridgehead atoms. The van der Waals surface area contributed by atoms with Gasteiger partial charge in [-0.2, -0.15) is 10.1 Å². The van der Waals surface area contributed by atoms with Crippen LogP contribution in [0.5, 0.6) is 5.88 Å². The topological polar surface area (TPSA) is 52.0 Å². The molecule has 0 amide bonds. The van der Waals surface area contributed by atoms with E-state index in [1.165, 1.54) is 31.2 Å². The lowest BCUT2D eigenvalue weighted by atomic mass is 9.98. The highest BCUT2D eigenvalue weighted by molar-refractivity contribution is 5.75. The lowest BCUT2D eigenvalue weighted by Gasteiger charge is -2.21. The summed E-state index contributed by atoms with van der Waals surface area (Å²) in [5, 5.41) is 7.47. The molecule has 3 heterocycles. The molecule has 0 spiro atoms. The summed E-state index contributed by atoms with van der Waals surface area (Å²) in [5.74, 6) is 1.54. The SMILES string of the molecule is C1CCC1.CCNc1ccc2c(n1)OCc1cc(-n3cccn3)ccc1-2. The monoisotopic (exact) mass is 348 g/mol. The van der Waals surface area contributed by atoms with Gasteiger partial charge in [-0.05, 0) is 48.4 Å². The normalized spacial score (nSPS) is 14.0. The molecule has 1 aromatic carbocycles. The number of aromatic nitrogens is 3. The number of ether oxygens (including phenoxy) is 1. The van der Waals surface area contributed by atoms with Gasteiger partial charge in [0.25, 0.3) is 0 Å². The van der Waals surface area contributed by atoms with Gasteiger partial charge >= 0.3 is 0 Å². The molecular weight excluding hydrogens is 324 g/mol. The second kappa shape index (κ2) is 7.60. The third-order valence-corrected chi connectivity index (χ3v) is 4.73. The summed E-state index contributed by atoms with van der Waals surface area (Å²) in [7, 11) is 0. The van der Waals surface area contributed by atoms with Gasteiger partial charge in [0.1, 0.15) is 12.4 Å². The number of hydrogen-bond donors (Lipinski definition) is 1. The Balaban J connectivity index is 0.000000373. The molecule has 0 saturated heterocycles. The zero-order valence-electron chi connectivity index (χ0n) is 15.1. The van der Waals surface area contributed by atoms with Crippen LogP contribution in [0, 0.1) is 0 Å². The summed E-state index contributed by atoms with van der Waals surface area (Å²) >= 11 is 0. The minimum atomic E-state index is 0.528. The van der Waals surface area contributed by atoms with Crippen LogP contribution in [0.25, 0.3) is 16.8 Å². The molecule has 5 rings (SSSR count). The summed E-state index contributed by atoms with van der Waals surface area (Å²) < 4.78 is 7.68. The van der Waals surface area contributed by atoms with Gasteiger partial charge in [0, 0.05) is 24.5 Å². The van der Waals surface area contributed by atoms with Gasteiger partial charge in [-0.25, -0.2) is 4.68 Å². The molecule has 3 aromatic rings. The standard InChI is InChI=1S/C17H16N4O.C4H8/c1-2-18-16-7-6-15-14-5-4-13(21-9-3-8-19-21)10-12(14)11-22-17(15)20-16;1-2-4-3-1/h3-10H,2,11H2,1H3,(H,18,20);1-4H2. The maximum Gasteiger partial charge on any atom is 0.223 e. The zero-order chi connectivity index (χ0) is 17.8. The van der Waals surface area contributed by atoms with Gasteiger partial charge in [-0.15, -0.1) is 0 Å². The van der Waals surface area contributed by atoms with E-state index in [9.17, 15) is 0 Å². The molecule has 0 atom stereocenters. The predicted octanol–water partition coefficient (Wildman–Crippen LogP) is 4.82. The Morgan fingerprint density at radius 3 is 2.58 bits per heavy atom. The van der Waals surface area contributed by atoms with E-state index in [2.05, 4.69) is 39.7 Å². The first-order valence-electron chi connectivity index (χ1n) is 9.36. The summed E-state index contributed by atoms with van der Waals surface area (Å²) in [6, 6.07) is 12.3. The summed E-state index contributed by atoms with van der Waals surface area (Å²) in [4.78, 5) is 4.52. The van der Waals surface area contributed by atoms with Crippen molar-refractivity contribution in [2.24, 2.45) is 0 Å². The molecule has 5 nitrogen and oxygen atoms in total. The second-order valence-corrected chi connectivity index (χ2v) is 6.57. The molecule has 0 radical (unpaired) electrons. The van der Waals surface area contributed by atoms with Crippen molar-refractivity contribution in [3.8, 4) is 22.7 Å². The number of anilines is 1. The zero-order valence-corrected chi connectivity index (χ0v) is 15.1. The van der Waals surface area contributed by atoms with Crippen molar-refractivity contribution in [2.75, 3.05) is 11.9 Å². The molecule has 5 heteroatoms. The van der Waals surface area contributed by atoms with E-state index in [0.717, 1.165) is 29.2 Å². The highest BCUT2D eigenvalue weighted by atomic mass is 16.5. The fourth-order valence-corrected chi connectivity index (χ4v) is 2.96. The Labute approximate surface area is 154 Å². The van der Waals surface area contributed by atoms with Crippen LogP contribution in [0.3, 0.4) is 0 Å². The highest BCUT2D eigenvalue weighted by Crippen LogP contribution is 2.37. The quantitative estimate of drug-likeness (QED) is 0.737. The van der Waals surface area contributed by atoms with Crippen LogP contribution in [0.15, 0.2) is 48.8 Å². The van der Waals surface area contributed by atoms with Crippen molar-refractivity contribution >= 4 is 5.82 Å². The smallest absolute Gasteiger partial charge is 0.223 e. The van der Waals surface area contributed by atoms with E-state index >= 15 is 0 Å².